The molecule has 0 spiro atoms. The summed E-state index contributed by atoms with van der Waals surface area (Å²) in [5.74, 6) is 0.224. The van der Waals surface area contributed by atoms with E-state index in [-0.39, 0.29) is 5.57 Å². The summed E-state index contributed by atoms with van der Waals surface area (Å²) >= 11 is 0. The zero-order valence-corrected chi connectivity index (χ0v) is 13.7. The molecular weight excluding hydrogens is 302 g/mol. The Morgan fingerprint density at radius 3 is 2.29 bits per heavy atom. The van der Waals surface area contributed by atoms with Crippen molar-refractivity contribution in [3.8, 4) is 11.8 Å². The lowest BCUT2D eigenvalue weighted by molar-refractivity contribution is -0.112. The molecule has 0 heterocycles. The molecule has 2 N–H and O–H groups in total. The van der Waals surface area contributed by atoms with Crippen molar-refractivity contribution in [3.63, 3.8) is 0 Å². The first kappa shape index (κ1) is 17.1. The highest BCUT2D eigenvalue weighted by atomic mass is 16.5. The van der Waals surface area contributed by atoms with Gasteiger partial charge in [-0.2, -0.15) is 5.26 Å². The minimum Gasteiger partial charge on any atom is -0.497 e. The number of amides is 1. The van der Waals surface area contributed by atoms with Crippen LogP contribution in [0.15, 0.2) is 60.3 Å². The van der Waals surface area contributed by atoms with Gasteiger partial charge in [-0.25, -0.2) is 0 Å². The van der Waals surface area contributed by atoms with Crippen LogP contribution in [0.25, 0.3) is 0 Å². The van der Waals surface area contributed by atoms with Crippen LogP contribution in [-0.2, 0) is 11.2 Å². The summed E-state index contributed by atoms with van der Waals surface area (Å²) in [7, 11) is 1.57. The molecule has 24 heavy (non-hydrogen) atoms. The quantitative estimate of drug-likeness (QED) is 0.628. The molecule has 0 radical (unpaired) electrons. The minimum atomic E-state index is -0.472. The highest BCUT2D eigenvalue weighted by Gasteiger charge is 2.09. The lowest BCUT2D eigenvalue weighted by atomic mass is 10.1. The summed E-state index contributed by atoms with van der Waals surface area (Å²) < 4.78 is 5.06. The summed E-state index contributed by atoms with van der Waals surface area (Å²) in [6.45, 7) is 2.08. The Kier molecular flexibility index (Phi) is 5.98. The van der Waals surface area contributed by atoms with E-state index in [0.29, 0.717) is 11.4 Å². The molecule has 2 aromatic carbocycles. The van der Waals surface area contributed by atoms with Crippen LogP contribution in [0.2, 0.25) is 0 Å². The van der Waals surface area contributed by atoms with E-state index in [4.69, 9.17) is 4.74 Å². The number of hydrogen-bond acceptors (Lipinski definition) is 4. The minimum absolute atomic E-state index is 0.00890. The van der Waals surface area contributed by atoms with Crippen molar-refractivity contribution in [1.82, 2.24) is 0 Å². The van der Waals surface area contributed by atoms with Gasteiger partial charge in [-0.1, -0.05) is 19.1 Å². The molecule has 0 fully saturated rings. The van der Waals surface area contributed by atoms with E-state index < -0.39 is 5.91 Å². The molecule has 0 saturated carbocycles. The van der Waals surface area contributed by atoms with E-state index in [9.17, 15) is 10.1 Å². The number of benzene rings is 2. The van der Waals surface area contributed by atoms with Crippen molar-refractivity contribution in [1.29, 1.82) is 5.26 Å². The van der Waals surface area contributed by atoms with Crippen LogP contribution < -0.4 is 15.4 Å². The molecule has 0 bridgehead atoms. The van der Waals surface area contributed by atoms with Gasteiger partial charge in [0.2, 0.25) is 0 Å². The third-order valence-corrected chi connectivity index (χ3v) is 3.46. The molecule has 0 atom stereocenters. The number of anilines is 2. The summed E-state index contributed by atoms with van der Waals surface area (Å²) in [5, 5.41) is 14.8. The van der Waals surface area contributed by atoms with Crippen molar-refractivity contribution in [3.05, 3.63) is 65.9 Å². The molecule has 0 aliphatic carbocycles. The van der Waals surface area contributed by atoms with Gasteiger partial charge in [0.15, 0.2) is 0 Å². The predicted molar refractivity (Wildman–Crippen MR) is 94.8 cm³/mol. The van der Waals surface area contributed by atoms with Gasteiger partial charge in [0.05, 0.1) is 7.11 Å². The van der Waals surface area contributed by atoms with Crippen LogP contribution in [0.1, 0.15) is 12.5 Å². The second-order valence-electron chi connectivity index (χ2n) is 5.05. The smallest absolute Gasteiger partial charge is 0.267 e. The summed E-state index contributed by atoms with van der Waals surface area (Å²) in [6, 6.07) is 16.6. The van der Waals surface area contributed by atoms with Crippen LogP contribution in [0.5, 0.6) is 5.75 Å². The fraction of sp³-hybridized carbons (Fsp3) is 0.158. The molecule has 2 aromatic rings. The van der Waals surface area contributed by atoms with E-state index in [1.165, 1.54) is 11.8 Å². The molecule has 0 aromatic heterocycles. The zero-order chi connectivity index (χ0) is 17.4. The molecule has 0 unspecified atom stereocenters. The van der Waals surface area contributed by atoms with E-state index in [1.807, 2.05) is 30.3 Å². The van der Waals surface area contributed by atoms with Crippen LogP contribution in [-0.4, -0.2) is 13.0 Å². The van der Waals surface area contributed by atoms with Gasteiger partial charge in [0.1, 0.15) is 17.4 Å². The highest BCUT2D eigenvalue weighted by molar-refractivity contribution is 6.06. The van der Waals surface area contributed by atoms with Crippen molar-refractivity contribution in [2.75, 3.05) is 17.7 Å². The number of ether oxygens (including phenoxy) is 1. The van der Waals surface area contributed by atoms with Crippen LogP contribution in [0, 0.1) is 11.3 Å². The number of nitrogens with zero attached hydrogens (tertiary/aromatic N) is 1. The number of nitrogens with one attached hydrogen (secondary N) is 2. The lowest BCUT2D eigenvalue weighted by Gasteiger charge is -2.06. The molecule has 1 amide bonds. The Bertz CT molecular complexity index is 757. The normalized spacial score (nSPS) is 10.6. The Balaban J connectivity index is 2.02. The maximum atomic E-state index is 12.1. The van der Waals surface area contributed by atoms with Crippen LogP contribution in [0.3, 0.4) is 0 Å². The standard InChI is InChI=1S/C19H19N3O2/c1-3-14-4-6-16(7-5-14)21-13-15(12-20)19(23)22-17-8-10-18(24-2)11-9-17/h4-11,13,21H,3H2,1-2H3,(H,22,23)/b15-13-. The lowest BCUT2D eigenvalue weighted by Crippen LogP contribution is -2.14. The first-order chi connectivity index (χ1) is 11.7. The number of hydrogen-bond donors (Lipinski definition) is 2. The van der Waals surface area contributed by atoms with Gasteiger partial charge in [-0.05, 0) is 48.4 Å². The van der Waals surface area contributed by atoms with E-state index in [1.54, 1.807) is 31.4 Å². The summed E-state index contributed by atoms with van der Waals surface area (Å²) in [5.41, 5.74) is 2.62. The van der Waals surface area contributed by atoms with Crippen molar-refractivity contribution in [2.45, 2.75) is 13.3 Å². The first-order valence-corrected chi connectivity index (χ1v) is 7.57. The Labute approximate surface area is 141 Å². The average molecular weight is 321 g/mol. The van der Waals surface area contributed by atoms with Gasteiger partial charge in [-0.3, -0.25) is 4.79 Å². The molecule has 2 rings (SSSR count). The second kappa shape index (κ2) is 8.39. The van der Waals surface area contributed by atoms with Crippen molar-refractivity contribution >= 4 is 17.3 Å². The fourth-order valence-electron chi connectivity index (χ4n) is 2.01. The maximum absolute atomic E-state index is 12.1. The number of nitriles is 1. The van der Waals surface area contributed by atoms with Gasteiger partial charge in [0, 0.05) is 17.6 Å². The van der Waals surface area contributed by atoms with Crippen molar-refractivity contribution in [2.24, 2.45) is 0 Å². The third kappa shape index (κ3) is 4.62. The van der Waals surface area contributed by atoms with Gasteiger partial charge in [0.25, 0.3) is 5.91 Å². The molecule has 0 aliphatic heterocycles. The SMILES string of the molecule is CCc1ccc(N/C=C(/C#N)C(=O)Nc2ccc(OC)cc2)cc1. The van der Waals surface area contributed by atoms with Gasteiger partial charge < -0.3 is 15.4 Å². The Morgan fingerprint density at radius 2 is 1.75 bits per heavy atom. The fourth-order valence-corrected chi connectivity index (χ4v) is 2.01. The second-order valence-corrected chi connectivity index (χ2v) is 5.05. The molecule has 0 saturated heterocycles. The third-order valence-electron chi connectivity index (χ3n) is 3.46. The Hall–Kier alpha value is -3.26. The molecule has 0 aliphatic rings. The number of rotatable bonds is 6. The first-order valence-electron chi connectivity index (χ1n) is 7.57. The average Bonchev–Trinajstić information content (AvgIpc) is 2.63. The van der Waals surface area contributed by atoms with Crippen LogP contribution in [0.4, 0.5) is 11.4 Å². The summed E-state index contributed by atoms with van der Waals surface area (Å²) in [6.07, 6.45) is 2.36. The maximum Gasteiger partial charge on any atom is 0.267 e. The van der Waals surface area contributed by atoms with E-state index >= 15 is 0 Å². The molecule has 122 valence electrons. The molecular formula is C19H19N3O2. The number of carbonyl (C=O) groups excluding carboxylic acids is 1. The molecule has 5 heteroatoms. The van der Waals surface area contributed by atoms with Gasteiger partial charge >= 0.3 is 0 Å². The topological polar surface area (TPSA) is 74.2 Å². The number of methoxy groups -OCH3 is 1. The number of carbonyl (C=O) groups is 1. The highest BCUT2D eigenvalue weighted by Crippen LogP contribution is 2.16. The number of aryl methyl sites for hydroxylation is 1. The summed E-state index contributed by atoms with van der Waals surface area (Å²) in [4.78, 5) is 12.1. The molecule has 5 nitrogen and oxygen atoms in total. The monoisotopic (exact) mass is 321 g/mol. The van der Waals surface area contributed by atoms with E-state index in [0.717, 1.165) is 12.1 Å². The van der Waals surface area contributed by atoms with Gasteiger partial charge in [-0.15, -0.1) is 0 Å². The van der Waals surface area contributed by atoms with Crippen molar-refractivity contribution < 1.29 is 9.53 Å². The Morgan fingerprint density at radius 1 is 1.12 bits per heavy atom. The largest absolute Gasteiger partial charge is 0.497 e. The van der Waals surface area contributed by atoms with E-state index in [2.05, 4.69) is 17.6 Å². The van der Waals surface area contributed by atoms with Crippen LogP contribution >= 0.6 is 0 Å². The zero-order valence-electron chi connectivity index (χ0n) is 13.7. The predicted octanol–water partition coefficient (Wildman–Crippen LogP) is 3.72.